The highest BCUT2D eigenvalue weighted by Crippen LogP contribution is 2.28. The lowest BCUT2D eigenvalue weighted by atomic mass is 10.1. The van der Waals surface area contributed by atoms with Gasteiger partial charge in [-0.15, -0.1) is 0 Å². The predicted molar refractivity (Wildman–Crippen MR) is 124 cm³/mol. The molecule has 2 amide bonds. The maximum absolute atomic E-state index is 14.3. The molecule has 0 saturated heterocycles. The molecule has 8 heteroatoms. The topological polar surface area (TPSA) is 49.4 Å². The van der Waals surface area contributed by atoms with Crippen LogP contribution < -0.4 is 5.32 Å². The van der Waals surface area contributed by atoms with Gasteiger partial charge in [0.15, 0.2) is 0 Å². The van der Waals surface area contributed by atoms with Gasteiger partial charge in [-0.25, -0.2) is 4.39 Å². The third-order valence-electron chi connectivity index (χ3n) is 5.17. The minimum atomic E-state index is -0.778. The zero-order valence-electron chi connectivity index (χ0n) is 17.7. The number of hydrogen-bond acceptors (Lipinski definition) is 2. The fourth-order valence-corrected chi connectivity index (χ4v) is 3.92. The van der Waals surface area contributed by atoms with Crippen molar-refractivity contribution in [1.29, 1.82) is 0 Å². The number of benzene rings is 2. The van der Waals surface area contributed by atoms with Gasteiger partial charge in [-0.2, -0.15) is 0 Å². The summed E-state index contributed by atoms with van der Waals surface area (Å²) in [6, 6.07) is 8.45. The summed E-state index contributed by atoms with van der Waals surface area (Å²) in [6.07, 6.45) is 0.819. The molecule has 168 valence electrons. The quantitative estimate of drug-likeness (QED) is 0.468. The maximum Gasteiger partial charge on any atom is 0.243 e. The van der Waals surface area contributed by atoms with E-state index in [1.807, 2.05) is 20.8 Å². The molecule has 0 spiro atoms. The Morgan fingerprint density at radius 1 is 0.968 bits per heavy atom. The molecular weight excluding hydrogens is 462 g/mol. The molecule has 31 heavy (non-hydrogen) atoms. The number of amides is 2. The molecule has 1 N–H and O–H groups in total. The molecule has 0 aromatic heterocycles. The van der Waals surface area contributed by atoms with Crippen molar-refractivity contribution < 1.29 is 14.0 Å². The molecule has 0 heterocycles. The fourth-order valence-electron chi connectivity index (χ4n) is 3.17. The van der Waals surface area contributed by atoms with Crippen LogP contribution in [0, 0.1) is 5.82 Å². The van der Waals surface area contributed by atoms with Crippen molar-refractivity contribution in [2.45, 2.75) is 58.7 Å². The summed E-state index contributed by atoms with van der Waals surface area (Å²) in [5.74, 6) is -1.31. The van der Waals surface area contributed by atoms with Crippen molar-refractivity contribution in [2.24, 2.45) is 0 Å². The summed E-state index contributed by atoms with van der Waals surface area (Å²) in [4.78, 5) is 27.7. The Labute approximate surface area is 197 Å². The molecule has 2 aromatic carbocycles. The van der Waals surface area contributed by atoms with Gasteiger partial charge in [-0.05, 0) is 44.0 Å². The molecule has 4 nitrogen and oxygen atoms in total. The first-order valence-corrected chi connectivity index (χ1v) is 11.3. The van der Waals surface area contributed by atoms with E-state index in [1.165, 1.54) is 23.1 Å². The Morgan fingerprint density at radius 3 is 2.03 bits per heavy atom. The second kappa shape index (κ2) is 11.7. The van der Waals surface area contributed by atoms with Gasteiger partial charge < -0.3 is 10.2 Å². The number of carbonyl (C=O) groups is 2. The van der Waals surface area contributed by atoms with Crippen LogP contribution in [-0.4, -0.2) is 28.8 Å². The summed E-state index contributed by atoms with van der Waals surface area (Å²) >= 11 is 18.8. The van der Waals surface area contributed by atoms with E-state index in [0.29, 0.717) is 22.0 Å². The van der Waals surface area contributed by atoms with E-state index < -0.39 is 17.8 Å². The van der Waals surface area contributed by atoms with Crippen LogP contribution in [0.2, 0.25) is 15.1 Å². The van der Waals surface area contributed by atoms with Crippen LogP contribution in [0.3, 0.4) is 0 Å². The fraction of sp³-hybridized carbons (Fsp3) is 0.391. The van der Waals surface area contributed by atoms with Gasteiger partial charge in [0.2, 0.25) is 11.8 Å². The molecule has 0 bridgehead atoms. The highest BCUT2D eigenvalue weighted by molar-refractivity contribution is 6.36. The largest absolute Gasteiger partial charge is 0.352 e. The Bertz CT molecular complexity index is 899. The molecule has 2 rings (SSSR count). The number of nitrogens with one attached hydrogen (secondary N) is 1. The van der Waals surface area contributed by atoms with Gasteiger partial charge in [-0.3, -0.25) is 9.59 Å². The Kier molecular flexibility index (Phi) is 9.60. The predicted octanol–water partition coefficient (Wildman–Crippen LogP) is 6.05. The van der Waals surface area contributed by atoms with Crippen LogP contribution >= 0.6 is 34.8 Å². The van der Waals surface area contributed by atoms with Crippen LogP contribution in [0.15, 0.2) is 36.4 Å². The first kappa shape index (κ1) is 25.4. The lowest BCUT2D eigenvalue weighted by Crippen LogP contribution is -2.51. The van der Waals surface area contributed by atoms with Crippen LogP contribution in [-0.2, 0) is 22.6 Å². The van der Waals surface area contributed by atoms with E-state index in [0.717, 1.165) is 6.42 Å². The van der Waals surface area contributed by atoms with E-state index in [-0.39, 0.29) is 35.5 Å². The SMILES string of the molecule is CCC(C)NC(=O)C(CC)N(Cc1c(Cl)cccc1Cl)C(=O)Cc1c(F)cccc1Cl. The average molecular weight is 488 g/mol. The molecule has 0 fully saturated rings. The van der Waals surface area contributed by atoms with Crippen molar-refractivity contribution in [3.05, 3.63) is 68.4 Å². The van der Waals surface area contributed by atoms with Gasteiger partial charge in [0.05, 0.1) is 6.42 Å². The number of rotatable bonds is 9. The van der Waals surface area contributed by atoms with Crippen LogP contribution in [0.1, 0.15) is 44.7 Å². The third-order valence-corrected chi connectivity index (χ3v) is 6.23. The van der Waals surface area contributed by atoms with E-state index in [4.69, 9.17) is 34.8 Å². The molecule has 2 atom stereocenters. The van der Waals surface area contributed by atoms with E-state index >= 15 is 0 Å². The molecule has 0 saturated carbocycles. The van der Waals surface area contributed by atoms with Crippen LogP contribution in [0.4, 0.5) is 4.39 Å². The van der Waals surface area contributed by atoms with Crippen molar-refractivity contribution >= 4 is 46.6 Å². The van der Waals surface area contributed by atoms with Gasteiger partial charge in [0.1, 0.15) is 11.9 Å². The Balaban J connectivity index is 2.43. The minimum absolute atomic E-state index is 0.00977. The third kappa shape index (κ3) is 6.58. The average Bonchev–Trinajstić information content (AvgIpc) is 2.72. The highest BCUT2D eigenvalue weighted by Gasteiger charge is 2.31. The summed E-state index contributed by atoms with van der Waals surface area (Å²) in [5.41, 5.74) is 0.607. The number of halogens is 4. The van der Waals surface area contributed by atoms with Gasteiger partial charge in [0, 0.05) is 38.8 Å². The zero-order valence-corrected chi connectivity index (χ0v) is 20.0. The lowest BCUT2D eigenvalue weighted by Gasteiger charge is -2.32. The standard InChI is InChI=1S/C23H26Cl3FN2O2/c1-4-14(3)28-23(31)21(5-2)29(13-16-18(25)8-6-9-19(16)26)22(30)12-15-17(24)10-7-11-20(15)27/h6-11,14,21H,4-5,12-13H2,1-3H3,(H,28,31). The first-order valence-electron chi connectivity index (χ1n) is 10.1. The minimum Gasteiger partial charge on any atom is -0.352 e. The van der Waals surface area contributed by atoms with E-state index in [2.05, 4.69) is 5.32 Å². The second-order valence-electron chi connectivity index (χ2n) is 7.34. The molecule has 0 radical (unpaired) electrons. The zero-order chi connectivity index (χ0) is 23.1. The van der Waals surface area contributed by atoms with E-state index in [9.17, 15) is 14.0 Å². The summed E-state index contributed by atoms with van der Waals surface area (Å²) in [7, 11) is 0. The van der Waals surface area contributed by atoms with E-state index in [1.54, 1.807) is 18.2 Å². The normalized spacial score (nSPS) is 12.9. The monoisotopic (exact) mass is 486 g/mol. The molecule has 0 aliphatic carbocycles. The maximum atomic E-state index is 14.3. The molecule has 2 aromatic rings. The summed E-state index contributed by atoms with van der Waals surface area (Å²) in [6.45, 7) is 5.67. The Hall–Kier alpha value is -1.82. The molecule has 2 unspecified atom stereocenters. The molecular formula is C23H26Cl3FN2O2. The second-order valence-corrected chi connectivity index (χ2v) is 8.56. The number of nitrogens with zero attached hydrogens (tertiary/aromatic N) is 1. The van der Waals surface area contributed by atoms with Gasteiger partial charge in [0.25, 0.3) is 0 Å². The number of carbonyl (C=O) groups excluding carboxylic acids is 2. The van der Waals surface area contributed by atoms with Gasteiger partial charge >= 0.3 is 0 Å². The van der Waals surface area contributed by atoms with Crippen molar-refractivity contribution in [1.82, 2.24) is 10.2 Å². The molecule has 0 aliphatic rings. The van der Waals surface area contributed by atoms with Crippen molar-refractivity contribution in [3.8, 4) is 0 Å². The van der Waals surface area contributed by atoms with Gasteiger partial charge in [-0.1, -0.05) is 60.8 Å². The lowest BCUT2D eigenvalue weighted by molar-refractivity contribution is -0.141. The van der Waals surface area contributed by atoms with Crippen LogP contribution in [0.5, 0.6) is 0 Å². The smallest absolute Gasteiger partial charge is 0.243 e. The molecule has 0 aliphatic heterocycles. The Morgan fingerprint density at radius 2 is 1.52 bits per heavy atom. The van der Waals surface area contributed by atoms with Crippen molar-refractivity contribution in [3.63, 3.8) is 0 Å². The number of hydrogen-bond donors (Lipinski definition) is 1. The summed E-state index contributed by atoms with van der Waals surface area (Å²) < 4.78 is 14.3. The first-order chi connectivity index (χ1) is 14.7. The summed E-state index contributed by atoms with van der Waals surface area (Å²) in [5, 5.41) is 3.83. The van der Waals surface area contributed by atoms with Crippen molar-refractivity contribution in [2.75, 3.05) is 0 Å². The highest BCUT2D eigenvalue weighted by atomic mass is 35.5. The van der Waals surface area contributed by atoms with Crippen LogP contribution in [0.25, 0.3) is 0 Å².